The zero-order valence-electron chi connectivity index (χ0n) is 22.0. The highest BCUT2D eigenvalue weighted by atomic mass is 32.2. The van der Waals surface area contributed by atoms with Crippen molar-refractivity contribution in [3.8, 4) is 0 Å². The van der Waals surface area contributed by atoms with Crippen LogP contribution in [-0.2, 0) is 14.3 Å². The first-order valence-corrected chi connectivity index (χ1v) is 13.9. The number of amides is 3. The lowest BCUT2D eigenvalue weighted by Gasteiger charge is -2.37. The number of hydrogen-bond acceptors (Lipinski definition) is 6. The Balaban J connectivity index is 2.20. The number of thioether (sulfide) groups is 1. The third kappa shape index (κ3) is 8.58. The first-order chi connectivity index (χ1) is 16.5. The minimum Gasteiger partial charge on any atom is -0.449 e. The van der Waals surface area contributed by atoms with E-state index in [2.05, 4.69) is 10.6 Å². The van der Waals surface area contributed by atoms with E-state index >= 15 is 0 Å². The highest BCUT2D eigenvalue weighted by Gasteiger charge is 2.47. The van der Waals surface area contributed by atoms with E-state index in [1.165, 1.54) is 24.2 Å². The smallest absolute Gasteiger partial charge is 0.407 e. The Morgan fingerprint density at radius 2 is 1.86 bits per heavy atom. The fraction of sp³-hybridized carbons (Fsp3) is 0.840. The van der Waals surface area contributed by atoms with Crippen LogP contribution in [0.25, 0.3) is 0 Å². The largest absolute Gasteiger partial charge is 0.449 e. The van der Waals surface area contributed by atoms with Crippen LogP contribution in [0.2, 0.25) is 0 Å². The third-order valence-electron chi connectivity index (χ3n) is 6.88. The van der Waals surface area contributed by atoms with Crippen molar-refractivity contribution in [2.75, 3.05) is 25.4 Å². The van der Waals surface area contributed by atoms with Crippen LogP contribution < -0.4 is 16.4 Å². The second kappa shape index (κ2) is 13.4. The molecule has 0 unspecified atom stereocenters. The van der Waals surface area contributed by atoms with Gasteiger partial charge < -0.3 is 26.0 Å². The van der Waals surface area contributed by atoms with Crippen LogP contribution in [0.15, 0.2) is 0 Å². The summed E-state index contributed by atoms with van der Waals surface area (Å²) in [6.07, 6.45) is 5.49. The number of likely N-dealkylation sites (tertiary alicyclic amines) is 1. The lowest BCUT2D eigenvalue weighted by molar-refractivity contribution is -0.140. The standard InChI is InChI=1S/C25H45N5O4S/c1-6-35-25(4,5)20(29-24(33)34-15-16(2)3)23(32)30-14-18(21(26)27)12-19(30)22(31)28-13-17-10-8-7-9-11-17/h16-20H,6-15H2,1-5H3,(H3,26,27)(H,28,31)(H,29,33)/t18-,19+,20+/m1/s1. The van der Waals surface area contributed by atoms with Crippen LogP contribution in [0.5, 0.6) is 0 Å². The van der Waals surface area contributed by atoms with Crippen LogP contribution >= 0.6 is 11.8 Å². The first-order valence-electron chi connectivity index (χ1n) is 13.0. The quantitative estimate of drug-likeness (QED) is 0.248. The maximum absolute atomic E-state index is 13.9. The number of ether oxygens (including phenoxy) is 1. The van der Waals surface area contributed by atoms with Crippen molar-refractivity contribution >= 4 is 35.5 Å². The number of rotatable bonds is 11. The second-order valence-electron chi connectivity index (χ2n) is 10.7. The summed E-state index contributed by atoms with van der Waals surface area (Å²) < 4.78 is 4.66. The molecule has 10 heteroatoms. The summed E-state index contributed by atoms with van der Waals surface area (Å²) in [6, 6.07) is -1.62. The van der Waals surface area contributed by atoms with Gasteiger partial charge in [-0.25, -0.2) is 4.79 Å². The van der Waals surface area contributed by atoms with Crippen molar-refractivity contribution < 1.29 is 19.1 Å². The molecule has 5 N–H and O–H groups in total. The van der Waals surface area contributed by atoms with Crippen molar-refractivity contribution in [2.45, 2.75) is 90.0 Å². The molecule has 1 saturated heterocycles. The Bertz CT molecular complexity index is 754. The SMILES string of the molecule is CCSC(C)(C)[C@@H](NC(=O)OCC(C)C)C(=O)N1C[C@H](C(=N)N)C[C@H]1C(=O)NCC1CCCCC1. The van der Waals surface area contributed by atoms with E-state index in [4.69, 9.17) is 15.9 Å². The van der Waals surface area contributed by atoms with Crippen LogP contribution in [0, 0.1) is 23.2 Å². The summed E-state index contributed by atoms with van der Waals surface area (Å²) >= 11 is 1.56. The van der Waals surface area contributed by atoms with Gasteiger partial charge in [-0.3, -0.25) is 15.0 Å². The second-order valence-corrected chi connectivity index (χ2v) is 12.7. The predicted octanol–water partition coefficient (Wildman–Crippen LogP) is 3.12. The van der Waals surface area contributed by atoms with Gasteiger partial charge in [0.1, 0.15) is 12.1 Å². The maximum atomic E-state index is 13.9. The van der Waals surface area contributed by atoms with Gasteiger partial charge in [-0.05, 0) is 50.7 Å². The molecule has 0 aromatic heterocycles. The summed E-state index contributed by atoms with van der Waals surface area (Å²) in [6.45, 7) is 10.7. The fourth-order valence-corrected chi connectivity index (χ4v) is 5.93. The van der Waals surface area contributed by atoms with Crippen molar-refractivity contribution in [3.63, 3.8) is 0 Å². The molecule has 1 heterocycles. The number of carbonyl (C=O) groups excluding carboxylic acids is 3. The molecule has 2 fully saturated rings. The highest BCUT2D eigenvalue weighted by Crippen LogP contribution is 2.32. The molecule has 1 aliphatic carbocycles. The summed E-state index contributed by atoms with van der Waals surface area (Å²) in [5.74, 6) is 0.398. The fourth-order valence-electron chi connectivity index (χ4n) is 4.86. The number of nitrogens with one attached hydrogen (secondary N) is 3. The predicted molar refractivity (Wildman–Crippen MR) is 140 cm³/mol. The molecule has 0 bridgehead atoms. The van der Waals surface area contributed by atoms with E-state index in [-0.39, 0.29) is 42.6 Å². The molecule has 1 aliphatic heterocycles. The Morgan fingerprint density at radius 3 is 2.43 bits per heavy atom. The number of carbonyl (C=O) groups is 3. The summed E-state index contributed by atoms with van der Waals surface area (Å²) in [4.78, 5) is 41.2. The van der Waals surface area contributed by atoms with Gasteiger partial charge in [0.05, 0.1) is 12.4 Å². The van der Waals surface area contributed by atoms with Gasteiger partial charge in [-0.1, -0.05) is 40.0 Å². The topological polar surface area (TPSA) is 138 Å². The molecule has 1 saturated carbocycles. The first kappa shape index (κ1) is 29.3. The number of nitrogens with zero attached hydrogens (tertiary/aromatic N) is 1. The molecule has 3 amide bonds. The molecule has 0 spiro atoms. The summed E-state index contributed by atoms with van der Waals surface area (Å²) in [5.41, 5.74) is 5.79. The molecule has 0 radical (unpaired) electrons. The average molecular weight is 512 g/mol. The molecule has 35 heavy (non-hydrogen) atoms. The Hall–Kier alpha value is -1.97. The maximum Gasteiger partial charge on any atom is 0.407 e. The van der Waals surface area contributed by atoms with E-state index < -0.39 is 22.9 Å². The normalized spacial score (nSPS) is 22.1. The van der Waals surface area contributed by atoms with Gasteiger partial charge in [0, 0.05) is 23.8 Å². The zero-order valence-corrected chi connectivity index (χ0v) is 22.8. The lowest BCUT2D eigenvalue weighted by Crippen LogP contribution is -2.60. The Kier molecular flexibility index (Phi) is 11.2. The van der Waals surface area contributed by atoms with E-state index in [1.807, 2.05) is 34.6 Å². The van der Waals surface area contributed by atoms with Crippen LogP contribution in [-0.4, -0.2) is 70.9 Å². The van der Waals surface area contributed by atoms with Crippen molar-refractivity contribution in [1.29, 1.82) is 5.41 Å². The average Bonchev–Trinajstić information content (AvgIpc) is 3.26. The molecular weight excluding hydrogens is 466 g/mol. The summed E-state index contributed by atoms with van der Waals surface area (Å²) in [7, 11) is 0. The molecule has 2 aliphatic rings. The highest BCUT2D eigenvalue weighted by molar-refractivity contribution is 8.00. The molecule has 0 aromatic rings. The number of alkyl carbamates (subject to hydrolysis) is 1. The lowest BCUT2D eigenvalue weighted by atomic mass is 9.89. The van der Waals surface area contributed by atoms with Gasteiger partial charge in [0.25, 0.3) is 0 Å². The van der Waals surface area contributed by atoms with E-state index in [9.17, 15) is 14.4 Å². The monoisotopic (exact) mass is 511 g/mol. The number of amidine groups is 1. The van der Waals surface area contributed by atoms with Gasteiger partial charge >= 0.3 is 6.09 Å². The number of hydrogen-bond donors (Lipinski definition) is 4. The minimum atomic E-state index is -0.897. The molecule has 3 atom stereocenters. The molecule has 200 valence electrons. The van der Waals surface area contributed by atoms with Crippen molar-refractivity contribution in [2.24, 2.45) is 23.5 Å². The van der Waals surface area contributed by atoms with Crippen LogP contribution in [0.3, 0.4) is 0 Å². The zero-order chi connectivity index (χ0) is 26.2. The van der Waals surface area contributed by atoms with Gasteiger partial charge in [0.2, 0.25) is 11.8 Å². The minimum absolute atomic E-state index is 0.0339. The third-order valence-corrected chi connectivity index (χ3v) is 8.15. The van der Waals surface area contributed by atoms with Crippen molar-refractivity contribution in [3.05, 3.63) is 0 Å². The summed E-state index contributed by atoms with van der Waals surface area (Å²) in [5, 5.41) is 13.8. The molecule has 0 aromatic carbocycles. The van der Waals surface area contributed by atoms with E-state index in [1.54, 1.807) is 11.8 Å². The molecule has 2 rings (SSSR count). The Morgan fingerprint density at radius 1 is 1.20 bits per heavy atom. The van der Waals surface area contributed by atoms with Crippen molar-refractivity contribution in [1.82, 2.24) is 15.5 Å². The van der Waals surface area contributed by atoms with Gasteiger partial charge in [-0.2, -0.15) is 11.8 Å². The van der Waals surface area contributed by atoms with Gasteiger partial charge in [0.15, 0.2) is 0 Å². The van der Waals surface area contributed by atoms with E-state index in [0.29, 0.717) is 18.9 Å². The van der Waals surface area contributed by atoms with E-state index in [0.717, 1.165) is 18.6 Å². The number of nitrogens with two attached hydrogens (primary N) is 1. The molecular formula is C25H45N5O4S. The van der Waals surface area contributed by atoms with Crippen LogP contribution in [0.1, 0.15) is 73.1 Å². The Labute approximate surface area is 214 Å². The molecule has 9 nitrogen and oxygen atoms in total. The van der Waals surface area contributed by atoms with Gasteiger partial charge in [-0.15, -0.1) is 0 Å². The van der Waals surface area contributed by atoms with Crippen LogP contribution in [0.4, 0.5) is 4.79 Å².